The van der Waals surface area contributed by atoms with E-state index in [4.69, 9.17) is 0 Å². The van der Waals surface area contributed by atoms with Gasteiger partial charge in [0.05, 0.1) is 0 Å². The van der Waals surface area contributed by atoms with Crippen molar-refractivity contribution in [1.82, 2.24) is 0 Å². The zero-order chi connectivity index (χ0) is 3.54. The molecule has 1 rings (SSSR count). The van der Waals surface area contributed by atoms with E-state index in [-0.39, 0.29) is 39.9 Å². The van der Waals surface area contributed by atoms with E-state index in [0.29, 0.717) is 0 Å². The van der Waals surface area contributed by atoms with Gasteiger partial charge in [-0.2, -0.15) is 11.3 Å². The third-order valence-corrected chi connectivity index (χ3v) is 1.05. The Bertz CT molecular complexity index is 64.0. The SMILES string of the molecule is [Gd].c1ccsc1. The molecule has 0 bridgehead atoms. The van der Waals surface area contributed by atoms with Gasteiger partial charge in [0.15, 0.2) is 0 Å². The minimum absolute atomic E-state index is 0. The number of rotatable bonds is 0. The molecule has 0 aliphatic carbocycles. The molecule has 0 fully saturated rings. The van der Waals surface area contributed by atoms with Crippen molar-refractivity contribution in [2.24, 2.45) is 0 Å². The van der Waals surface area contributed by atoms with Crippen LogP contribution in [0.2, 0.25) is 0 Å². The van der Waals surface area contributed by atoms with Crippen LogP contribution in [0.4, 0.5) is 0 Å². The van der Waals surface area contributed by atoms with E-state index in [1.54, 1.807) is 11.3 Å². The molecular formula is C4H4GdS. The Morgan fingerprint density at radius 1 is 1.00 bits per heavy atom. The van der Waals surface area contributed by atoms with E-state index in [1.807, 2.05) is 22.9 Å². The molecule has 0 atom stereocenters. The Morgan fingerprint density at radius 2 is 1.50 bits per heavy atom. The molecule has 0 N–H and O–H groups in total. The zero-order valence-corrected chi connectivity index (χ0v) is 6.16. The van der Waals surface area contributed by atoms with E-state index in [9.17, 15) is 0 Å². The van der Waals surface area contributed by atoms with Gasteiger partial charge in [-0.05, 0) is 10.8 Å². The maximum Gasteiger partial charge on any atom is 0 e. The Labute approximate surface area is 73.3 Å². The van der Waals surface area contributed by atoms with Crippen molar-refractivity contribution in [3.63, 3.8) is 0 Å². The summed E-state index contributed by atoms with van der Waals surface area (Å²) in [6.07, 6.45) is 0. The first-order chi connectivity index (χ1) is 2.50. The van der Waals surface area contributed by atoms with Crippen LogP contribution in [-0.2, 0) is 0 Å². The third kappa shape index (κ3) is 2.24. The molecule has 0 saturated carbocycles. The second kappa shape index (κ2) is 4.19. The van der Waals surface area contributed by atoms with Gasteiger partial charge >= 0.3 is 0 Å². The van der Waals surface area contributed by atoms with E-state index < -0.39 is 0 Å². The number of hydrogen-bond acceptors (Lipinski definition) is 1. The summed E-state index contributed by atoms with van der Waals surface area (Å²) in [6.45, 7) is 0. The van der Waals surface area contributed by atoms with Crippen molar-refractivity contribution in [2.45, 2.75) is 0 Å². The molecule has 0 nitrogen and oxygen atoms in total. The minimum atomic E-state index is 0. The molecule has 1 aromatic rings. The Kier molecular flexibility index (Phi) is 4.91. The van der Waals surface area contributed by atoms with Crippen molar-refractivity contribution >= 4 is 11.3 Å². The molecule has 0 spiro atoms. The molecule has 0 amide bonds. The van der Waals surface area contributed by atoms with Crippen molar-refractivity contribution < 1.29 is 39.9 Å². The minimum Gasteiger partial charge on any atom is -0.152 e. The molecule has 2 heteroatoms. The van der Waals surface area contributed by atoms with E-state index in [2.05, 4.69) is 0 Å². The maximum absolute atomic E-state index is 2.04. The summed E-state index contributed by atoms with van der Waals surface area (Å²) in [4.78, 5) is 0. The van der Waals surface area contributed by atoms with Crippen LogP contribution in [0.1, 0.15) is 0 Å². The normalized spacial score (nSPS) is 6.67. The molecule has 1 heterocycles. The van der Waals surface area contributed by atoms with Crippen LogP contribution in [0, 0.1) is 39.9 Å². The fourth-order valence-electron chi connectivity index (χ4n) is 0.227. The Morgan fingerprint density at radius 3 is 1.67 bits per heavy atom. The smallest absolute Gasteiger partial charge is 0 e. The fraction of sp³-hybridized carbons (Fsp3) is 0. The van der Waals surface area contributed by atoms with E-state index >= 15 is 0 Å². The van der Waals surface area contributed by atoms with Gasteiger partial charge in [-0.15, -0.1) is 0 Å². The second-order valence-corrected chi connectivity index (χ2v) is 1.61. The summed E-state index contributed by atoms with van der Waals surface area (Å²) in [6, 6.07) is 4.04. The van der Waals surface area contributed by atoms with Crippen molar-refractivity contribution in [1.29, 1.82) is 0 Å². The molecule has 0 unspecified atom stereocenters. The average Bonchev–Trinajstić information content (AvgIpc) is 1.76. The topological polar surface area (TPSA) is 0 Å². The van der Waals surface area contributed by atoms with Gasteiger partial charge in [0, 0.05) is 39.9 Å². The Hall–Kier alpha value is 1.02. The molecule has 0 aliphatic rings. The summed E-state index contributed by atoms with van der Waals surface area (Å²) >= 11 is 1.71. The third-order valence-electron chi connectivity index (χ3n) is 0.425. The standard InChI is InChI=1S/C4H4S.Gd/c1-2-4-5-3-1;/h1-4H;. The monoisotopic (exact) mass is 242 g/mol. The van der Waals surface area contributed by atoms with Crippen LogP contribution in [0.5, 0.6) is 0 Å². The summed E-state index contributed by atoms with van der Waals surface area (Å²) in [5.74, 6) is 0. The molecule has 1 aromatic heterocycles. The molecule has 0 aromatic carbocycles. The number of hydrogen-bond donors (Lipinski definition) is 0. The molecule has 0 aliphatic heterocycles. The van der Waals surface area contributed by atoms with Crippen molar-refractivity contribution in [3.8, 4) is 0 Å². The van der Waals surface area contributed by atoms with Gasteiger partial charge < -0.3 is 0 Å². The quantitative estimate of drug-likeness (QED) is 0.649. The van der Waals surface area contributed by atoms with Gasteiger partial charge in [-0.3, -0.25) is 0 Å². The maximum atomic E-state index is 2.04. The molecule has 0 saturated heterocycles. The van der Waals surface area contributed by atoms with Crippen LogP contribution in [0.15, 0.2) is 22.9 Å². The number of thiophene rings is 1. The van der Waals surface area contributed by atoms with Crippen LogP contribution in [-0.4, -0.2) is 0 Å². The fourth-order valence-corrected chi connectivity index (χ4v) is 0.680. The summed E-state index contributed by atoms with van der Waals surface area (Å²) in [5, 5.41) is 4.08. The predicted octanol–water partition coefficient (Wildman–Crippen LogP) is 1.75. The van der Waals surface area contributed by atoms with Gasteiger partial charge in [-0.1, -0.05) is 12.1 Å². The van der Waals surface area contributed by atoms with E-state index in [1.165, 1.54) is 0 Å². The predicted molar refractivity (Wildman–Crippen MR) is 24.3 cm³/mol. The first kappa shape index (κ1) is 7.02. The van der Waals surface area contributed by atoms with Gasteiger partial charge in [0.1, 0.15) is 0 Å². The summed E-state index contributed by atoms with van der Waals surface area (Å²) < 4.78 is 0. The molecule has 34 valence electrons. The first-order valence-corrected chi connectivity index (χ1v) is 2.41. The Balaban J connectivity index is 0.000000250. The van der Waals surface area contributed by atoms with Crippen LogP contribution in [0.25, 0.3) is 0 Å². The van der Waals surface area contributed by atoms with Gasteiger partial charge in [-0.25, -0.2) is 0 Å². The van der Waals surface area contributed by atoms with Crippen LogP contribution < -0.4 is 0 Å². The van der Waals surface area contributed by atoms with Gasteiger partial charge in [0.2, 0.25) is 0 Å². The van der Waals surface area contributed by atoms with Crippen molar-refractivity contribution in [3.05, 3.63) is 22.9 Å². The average molecular weight is 241 g/mol. The van der Waals surface area contributed by atoms with E-state index in [0.717, 1.165) is 0 Å². The van der Waals surface area contributed by atoms with Gasteiger partial charge in [0.25, 0.3) is 0 Å². The van der Waals surface area contributed by atoms with Crippen LogP contribution in [0.3, 0.4) is 0 Å². The first-order valence-electron chi connectivity index (χ1n) is 1.47. The largest absolute Gasteiger partial charge is 0.152 e. The summed E-state index contributed by atoms with van der Waals surface area (Å²) in [5.41, 5.74) is 0. The zero-order valence-electron chi connectivity index (χ0n) is 3.07. The molecule has 0 radical (unpaired) electrons. The van der Waals surface area contributed by atoms with Crippen molar-refractivity contribution in [2.75, 3.05) is 0 Å². The second-order valence-electron chi connectivity index (χ2n) is 0.793. The molecular weight excluding hydrogens is 237 g/mol. The molecule has 6 heavy (non-hydrogen) atoms. The summed E-state index contributed by atoms with van der Waals surface area (Å²) in [7, 11) is 0. The van der Waals surface area contributed by atoms with Crippen LogP contribution >= 0.6 is 11.3 Å².